The van der Waals surface area contributed by atoms with Gasteiger partial charge in [0.1, 0.15) is 11.2 Å². The molecule has 2 amide bonds. The maximum absolute atomic E-state index is 13.1. The SMILES string of the molecule is CC(C)(C)OC(=O)N1C[C@H](C[C@@H]2C[C@@H](O[Si](C)(C)C(C)(C)C)CN2C(=O)OC(C)(C)C)C[C@H]1CO. The van der Waals surface area contributed by atoms with E-state index >= 15 is 0 Å². The lowest BCUT2D eigenvalue weighted by molar-refractivity contribution is 0.0154. The number of nitrogens with zero attached hydrogens (tertiary/aromatic N) is 2. The third-order valence-corrected chi connectivity index (χ3v) is 11.8. The van der Waals surface area contributed by atoms with E-state index in [1.807, 2.05) is 46.4 Å². The van der Waals surface area contributed by atoms with Crippen LogP contribution < -0.4 is 0 Å². The van der Waals surface area contributed by atoms with Crippen molar-refractivity contribution in [3.63, 3.8) is 0 Å². The van der Waals surface area contributed by atoms with Crippen LogP contribution in [0.1, 0.15) is 81.6 Å². The van der Waals surface area contributed by atoms with Gasteiger partial charge in [-0.2, -0.15) is 0 Å². The lowest BCUT2D eigenvalue weighted by Gasteiger charge is -2.38. The number of hydrogen-bond donors (Lipinski definition) is 1. The van der Waals surface area contributed by atoms with Gasteiger partial charge < -0.3 is 28.8 Å². The molecule has 204 valence electrons. The molecule has 0 radical (unpaired) electrons. The average Bonchev–Trinajstić information content (AvgIpc) is 3.21. The van der Waals surface area contributed by atoms with Crippen LogP contribution in [0.5, 0.6) is 0 Å². The van der Waals surface area contributed by atoms with Crippen molar-refractivity contribution in [3.8, 4) is 0 Å². The van der Waals surface area contributed by atoms with Crippen LogP contribution >= 0.6 is 0 Å². The summed E-state index contributed by atoms with van der Waals surface area (Å²) in [6.07, 6.45) is 1.41. The Morgan fingerprint density at radius 1 is 0.829 bits per heavy atom. The van der Waals surface area contributed by atoms with E-state index in [1.54, 1.807) is 4.90 Å². The first-order valence-electron chi connectivity index (χ1n) is 13.0. The van der Waals surface area contributed by atoms with Crippen LogP contribution in [0.2, 0.25) is 18.1 Å². The zero-order valence-corrected chi connectivity index (χ0v) is 24.9. The standard InChI is InChI=1S/C26H50N2O6Si/c1-24(2,3)32-22(30)27-15-18(13-20(27)17-29)12-19-14-21(34-35(10,11)26(7,8)9)16-28(19)23(31)33-25(4,5)6/h18-21,29H,12-17H2,1-11H3/t18-,19-,20+,21-/m1/s1. The first-order chi connectivity index (χ1) is 15.7. The Balaban J connectivity index is 2.16. The molecule has 0 aliphatic carbocycles. The van der Waals surface area contributed by atoms with Gasteiger partial charge in [0.15, 0.2) is 8.32 Å². The largest absolute Gasteiger partial charge is 0.444 e. The molecule has 0 aromatic rings. The summed E-state index contributed by atoms with van der Waals surface area (Å²) >= 11 is 0. The fourth-order valence-electron chi connectivity index (χ4n) is 4.61. The number of likely N-dealkylation sites (tertiary alicyclic amines) is 2. The van der Waals surface area contributed by atoms with Crippen LogP contribution in [0.15, 0.2) is 0 Å². The predicted molar refractivity (Wildman–Crippen MR) is 140 cm³/mol. The lowest BCUT2D eigenvalue weighted by atomic mass is 9.95. The fraction of sp³-hybridized carbons (Fsp3) is 0.923. The van der Waals surface area contributed by atoms with Gasteiger partial charge in [0.2, 0.25) is 0 Å². The van der Waals surface area contributed by atoms with Crippen molar-refractivity contribution < 1.29 is 28.6 Å². The quantitative estimate of drug-likeness (QED) is 0.495. The Kier molecular flexibility index (Phi) is 9.04. The summed E-state index contributed by atoms with van der Waals surface area (Å²) in [4.78, 5) is 29.3. The highest BCUT2D eigenvalue weighted by Gasteiger charge is 2.46. The van der Waals surface area contributed by atoms with Gasteiger partial charge in [-0.1, -0.05) is 20.8 Å². The van der Waals surface area contributed by atoms with Gasteiger partial charge in [-0.05, 0) is 84.9 Å². The highest BCUT2D eigenvalue weighted by atomic mass is 28.4. The van der Waals surface area contributed by atoms with E-state index in [0.717, 1.165) is 12.8 Å². The summed E-state index contributed by atoms with van der Waals surface area (Å²) < 4.78 is 18.0. The third kappa shape index (κ3) is 8.35. The molecule has 2 saturated heterocycles. The maximum atomic E-state index is 13.1. The number of rotatable bonds is 5. The molecule has 2 fully saturated rings. The molecule has 0 spiro atoms. The molecular formula is C26H50N2O6Si. The van der Waals surface area contributed by atoms with Crippen molar-refractivity contribution >= 4 is 20.5 Å². The number of hydrogen-bond acceptors (Lipinski definition) is 6. The van der Waals surface area contributed by atoms with Crippen molar-refractivity contribution in [2.24, 2.45) is 5.92 Å². The Morgan fingerprint density at radius 3 is 1.74 bits per heavy atom. The van der Waals surface area contributed by atoms with Gasteiger partial charge in [-0.3, -0.25) is 0 Å². The predicted octanol–water partition coefficient (Wildman–Crippen LogP) is 5.39. The summed E-state index contributed by atoms with van der Waals surface area (Å²) in [5.41, 5.74) is -1.18. The van der Waals surface area contributed by atoms with Gasteiger partial charge in [0, 0.05) is 19.1 Å². The van der Waals surface area contributed by atoms with Crippen LogP contribution in [-0.4, -0.2) is 84.5 Å². The Bertz CT molecular complexity index is 752. The van der Waals surface area contributed by atoms with Gasteiger partial charge in [-0.15, -0.1) is 0 Å². The molecular weight excluding hydrogens is 464 g/mol. The highest BCUT2D eigenvalue weighted by molar-refractivity contribution is 6.74. The molecule has 2 rings (SSSR count). The van der Waals surface area contributed by atoms with Crippen molar-refractivity contribution in [1.82, 2.24) is 9.80 Å². The van der Waals surface area contributed by atoms with Gasteiger partial charge in [-0.25, -0.2) is 9.59 Å². The normalized spacial score (nSPS) is 26.3. The van der Waals surface area contributed by atoms with Crippen molar-refractivity contribution in [3.05, 3.63) is 0 Å². The minimum atomic E-state index is -2.00. The van der Waals surface area contributed by atoms with E-state index in [0.29, 0.717) is 19.5 Å². The summed E-state index contributed by atoms with van der Waals surface area (Å²) in [6, 6.07) is -0.312. The minimum Gasteiger partial charge on any atom is -0.444 e. The van der Waals surface area contributed by atoms with Crippen LogP contribution in [0.4, 0.5) is 9.59 Å². The number of aliphatic hydroxyl groups excluding tert-OH is 1. The maximum Gasteiger partial charge on any atom is 0.410 e. The number of carbonyl (C=O) groups is 2. The first kappa shape index (κ1) is 29.9. The van der Waals surface area contributed by atoms with Crippen molar-refractivity contribution in [2.45, 2.75) is 129 Å². The van der Waals surface area contributed by atoms with Crippen LogP contribution in [-0.2, 0) is 13.9 Å². The van der Waals surface area contributed by atoms with Crippen molar-refractivity contribution in [1.29, 1.82) is 0 Å². The summed E-state index contributed by atoms with van der Waals surface area (Å²) in [5.74, 6) is 0.154. The Hall–Kier alpha value is -1.32. The van der Waals surface area contributed by atoms with Gasteiger partial charge >= 0.3 is 12.2 Å². The van der Waals surface area contributed by atoms with E-state index in [-0.39, 0.29) is 41.8 Å². The second kappa shape index (κ2) is 10.6. The summed E-state index contributed by atoms with van der Waals surface area (Å²) in [5, 5.41) is 10.0. The smallest absolute Gasteiger partial charge is 0.410 e. The molecule has 4 atom stereocenters. The van der Waals surface area contributed by atoms with Gasteiger partial charge in [0.05, 0.1) is 18.8 Å². The average molecular weight is 515 g/mol. The zero-order valence-electron chi connectivity index (χ0n) is 23.9. The van der Waals surface area contributed by atoms with E-state index in [2.05, 4.69) is 33.9 Å². The summed E-state index contributed by atoms with van der Waals surface area (Å²) in [6.45, 7) is 23.2. The number of aliphatic hydroxyl groups is 1. The number of amides is 2. The molecule has 9 heteroatoms. The van der Waals surface area contributed by atoms with Crippen LogP contribution in [0, 0.1) is 5.92 Å². The monoisotopic (exact) mass is 514 g/mol. The molecule has 0 bridgehead atoms. The molecule has 0 aromatic carbocycles. The number of carbonyl (C=O) groups excluding carboxylic acids is 2. The van der Waals surface area contributed by atoms with E-state index in [1.165, 1.54) is 0 Å². The zero-order chi connectivity index (χ0) is 27.0. The summed E-state index contributed by atoms with van der Waals surface area (Å²) in [7, 11) is -2.00. The highest BCUT2D eigenvalue weighted by Crippen LogP contribution is 2.40. The van der Waals surface area contributed by atoms with E-state index in [9.17, 15) is 14.7 Å². The topological polar surface area (TPSA) is 88.5 Å². The molecule has 8 nitrogen and oxygen atoms in total. The van der Waals surface area contributed by atoms with E-state index in [4.69, 9.17) is 13.9 Å². The Labute approximate surface area is 213 Å². The van der Waals surface area contributed by atoms with Crippen LogP contribution in [0.25, 0.3) is 0 Å². The minimum absolute atomic E-state index is 0.0367. The van der Waals surface area contributed by atoms with Crippen LogP contribution in [0.3, 0.4) is 0 Å². The van der Waals surface area contributed by atoms with Gasteiger partial charge in [0.25, 0.3) is 0 Å². The van der Waals surface area contributed by atoms with Crippen molar-refractivity contribution in [2.75, 3.05) is 19.7 Å². The molecule has 0 unspecified atom stereocenters. The molecule has 1 N–H and O–H groups in total. The molecule has 2 aliphatic rings. The molecule has 2 aliphatic heterocycles. The molecule has 0 aromatic heterocycles. The third-order valence-electron chi connectivity index (χ3n) is 7.22. The second-order valence-corrected chi connectivity index (χ2v) is 18.6. The fourth-order valence-corrected chi connectivity index (χ4v) is 5.96. The number of ether oxygens (including phenoxy) is 2. The second-order valence-electron chi connectivity index (χ2n) is 13.8. The lowest BCUT2D eigenvalue weighted by Crippen LogP contribution is -2.45. The first-order valence-corrected chi connectivity index (χ1v) is 15.9. The molecule has 0 saturated carbocycles. The molecule has 2 heterocycles. The van der Waals surface area contributed by atoms with E-state index < -0.39 is 25.6 Å². The molecule has 35 heavy (non-hydrogen) atoms. The Morgan fingerprint density at radius 2 is 1.31 bits per heavy atom.